The second kappa shape index (κ2) is 5.25. The van der Waals surface area contributed by atoms with Crippen LogP contribution in [0.3, 0.4) is 0 Å². The first-order valence-electron chi connectivity index (χ1n) is 6.35. The molecule has 0 bridgehead atoms. The number of carbonyl (C=O) groups is 1. The molecule has 1 aliphatic heterocycles. The highest BCUT2D eigenvalue weighted by molar-refractivity contribution is 5.75. The van der Waals surface area contributed by atoms with Gasteiger partial charge in [-0.1, -0.05) is 30.3 Å². The van der Waals surface area contributed by atoms with Crippen molar-refractivity contribution in [3.63, 3.8) is 0 Å². The van der Waals surface area contributed by atoms with Crippen LogP contribution in [0.4, 0.5) is 18.0 Å². The van der Waals surface area contributed by atoms with Crippen LogP contribution in [0.1, 0.15) is 17.2 Å². The number of nitrogens with one attached hydrogen (secondary N) is 1. The highest BCUT2D eigenvalue weighted by Gasteiger charge is 2.31. The molecule has 1 unspecified atom stereocenters. The third-order valence-corrected chi connectivity index (χ3v) is 3.14. The summed E-state index contributed by atoms with van der Waals surface area (Å²) in [6.45, 7) is 0. The lowest BCUT2D eigenvalue weighted by Gasteiger charge is -2.26. The topological polar surface area (TPSA) is 47.6 Å². The Morgan fingerprint density at radius 1 is 1.05 bits per heavy atom. The molecule has 1 amide bonds. The van der Waals surface area contributed by atoms with Crippen LogP contribution in [0.25, 0.3) is 0 Å². The van der Waals surface area contributed by atoms with Crippen molar-refractivity contribution in [1.82, 2.24) is 5.32 Å². The Morgan fingerprint density at radius 2 is 1.73 bits per heavy atom. The summed E-state index contributed by atoms with van der Waals surface area (Å²) in [4.78, 5) is 11.6. The van der Waals surface area contributed by atoms with Crippen LogP contribution >= 0.6 is 0 Å². The molecule has 4 nitrogen and oxygen atoms in total. The maximum atomic E-state index is 12.1. The SMILES string of the molecule is O=C1NC(c2ccc(OC(F)(F)F)cc2)c2ccccc2O1. The van der Waals surface area contributed by atoms with Gasteiger partial charge in [0.2, 0.25) is 0 Å². The van der Waals surface area contributed by atoms with Gasteiger partial charge >= 0.3 is 12.5 Å². The fourth-order valence-electron chi connectivity index (χ4n) is 2.26. The third kappa shape index (κ3) is 2.98. The number of hydrogen-bond acceptors (Lipinski definition) is 3. The molecule has 1 atom stereocenters. The van der Waals surface area contributed by atoms with E-state index in [0.29, 0.717) is 11.3 Å². The Hall–Kier alpha value is -2.70. The minimum absolute atomic E-state index is 0.317. The predicted octanol–water partition coefficient (Wildman–Crippen LogP) is 3.78. The molecule has 2 aromatic carbocycles. The first kappa shape index (κ1) is 14.2. The second-order valence-corrected chi connectivity index (χ2v) is 4.62. The van der Waals surface area contributed by atoms with Gasteiger partial charge in [0.15, 0.2) is 0 Å². The Balaban J connectivity index is 1.90. The second-order valence-electron chi connectivity index (χ2n) is 4.62. The average molecular weight is 309 g/mol. The molecule has 0 aliphatic carbocycles. The van der Waals surface area contributed by atoms with Crippen molar-refractivity contribution in [3.8, 4) is 11.5 Å². The Kier molecular flexibility index (Phi) is 3.40. The van der Waals surface area contributed by atoms with Gasteiger partial charge in [0.05, 0.1) is 6.04 Å². The molecular formula is C15H10F3NO3. The van der Waals surface area contributed by atoms with Crippen LogP contribution < -0.4 is 14.8 Å². The fourth-order valence-corrected chi connectivity index (χ4v) is 2.26. The molecule has 1 N–H and O–H groups in total. The first-order chi connectivity index (χ1) is 10.4. The van der Waals surface area contributed by atoms with Gasteiger partial charge < -0.3 is 14.8 Å². The van der Waals surface area contributed by atoms with Gasteiger partial charge in [-0.15, -0.1) is 13.2 Å². The Bertz CT molecular complexity index is 698. The van der Waals surface area contributed by atoms with E-state index in [-0.39, 0.29) is 5.75 Å². The van der Waals surface area contributed by atoms with E-state index in [1.165, 1.54) is 24.3 Å². The summed E-state index contributed by atoms with van der Waals surface area (Å²) >= 11 is 0. The molecule has 1 heterocycles. The maximum Gasteiger partial charge on any atom is 0.573 e. The van der Waals surface area contributed by atoms with Gasteiger partial charge in [0.25, 0.3) is 0 Å². The van der Waals surface area contributed by atoms with E-state index in [9.17, 15) is 18.0 Å². The van der Waals surface area contributed by atoms with Gasteiger partial charge in [0.1, 0.15) is 11.5 Å². The van der Waals surface area contributed by atoms with E-state index in [2.05, 4.69) is 10.1 Å². The number of para-hydroxylation sites is 1. The molecule has 0 saturated heterocycles. The normalized spacial score (nSPS) is 17.2. The molecule has 0 radical (unpaired) electrons. The molecule has 0 aromatic heterocycles. The van der Waals surface area contributed by atoms with Crippen molar-refractivity contribution in [2.24, 2.45) is 0 Å². The monoisotopic (exact) mass is 309 g/mol. The molecule has 1 aliphatic rings. The number of rotatable bonds is 2. The highest BCUT2D eigenvalue weighted by atomic mass is 19.4. The van der Waals surface area contributed by atoms with E-state index in [4.69, 9.17) is 4.74 Å². The molecule has 114 valence electrons. The smallest absolute Gasteiger partial charge is 0.410 e. The van der Waals surface area contributed by atoms with Crippen LogP contribution in [0.2, 0.25) is 0 Å². The van der Waals surface area contributed by atoms with Crippen molar-refractivity contribution in [1.29, 1.82) is 0 Å². The van der Waals surface area contributed by atoms with Crippen LogP contribution in [0.5, 0.6) is 11.5 Å². The third-order valence-electron chi connectivity index (χ3n) is 3.14. The van der Waals surface area contributed by atoms with Crippen molar-refractivity contribution in [2.45, 2.75) is 12.4 Å². The molecule has 0 spiro atoms. The standard InChI is InChI=1S/C15H10F3NO3/c16-15(17,18)22-10-7-5-9(6-8-10)13-11-3-1-2-4-12(11)21-14(20)19-13/h1-8,13H,(H,19,20). The van der Waals surface area contributed by atoms with E-state index in [1.807, 2.05) is 0 Å². The van der Waals surface area contributed by atoms with Crippen LogP contribution in [-0.2, 0) is 0 Å². The average Bonchev–Trinajstić information content (AvgIpc) is 2.45. The lowest BCUT2D eigenvalue weighted by atomic mass is 9.97. The van der Waals surface area contributed by atoms with Gasteiger partial charge in [-0.3, -0.25) is 0 Å². The molecule has 0 fully saturated rings. The van der Waals surface area contributed by atoms with Crippen molar-refractivity contribution >= 4 is 6.09 Å². The maximum absolute atomic E-state index is 12.1. The van der Waals surface area contributed by atoms with Crippen molar-refractivity contribution in [2.75, 3.05) is 0 Å². The predicted molar refractivity (Wildman–Crippen MR) is 70.6 cm³/mol. The number of amides is 1. The number of benzene rings is 2. The minimum atomic E-state index is -4.74. The zero-order valence-electron chi connectivity index (χ0n) is 11.1. The zero-order valence-corrected chi connectivity index (χ0v) is 11.1. The van der Waals surface area contributed by atoms with Crippen LogP contribution in [0.15, 0.2) is 48.5 Å². The molecule has 2 aromatic rings. The quantitative estimate of drug-likeness (QED) is 0.918. The molecule has 7 heteroatoms. The van der Waals surface area contributed by atoms with Gasteiger partial charge in [0, 0.05) is 5.56 Å². The Labute approximate surface area is 123 Å². The molecule has 3 rings (SSSR count). The van der Waals surface area contributed by atoms with E-state index in [0.717, 1.165) is 5.56 Å². The van der Waals surface area contributed by atoms with Gasteiger partial charge in [-0.2, -0.15) is 0 Å². The summed E-state index contributed by atoms with van der Waals surface area (Å²) in [5, 5.41) is 2.63. The summed E-state index contributed by atoms with van der Waals surface area (Å²) in [5.74, 6) is 0.106. The number of alkyl halides is 3. The van der Waals surface area contributed by atoms with Crippen molar-refractivity contribution < 1.29 is 27.4 Å². The van der Waals surface area contributed by atoms with E-state index >= 15 is 0 Å². The minimum Gasteiger partial charge on any atom is -0.410 e. The fraction of sp³-hybridized carbons (Fsp3) is 0.133. The number of halogens is 3. The lowest BCUT2D eigenvalue weighted by Crippen LogP contribution is -2.36. The molecular weight excluding hydrogens is 299 g/mol. The largest absolute Gasteiger partial charge is 0.573 e. The van der Waals surface area contributed by atoms with E-state index in [1.54, 1.807) is 24.3 Å². The van der Waals surface area contributed by atoms with Gasteiger partial charge in [-0.25, -0.2) is 4.79 Å². The molecule has 22 heavy (non-hydrogen) atoms. The Morgan fingerprint density at radius 3 is 2.41 bits per heavy atom. The van der Waals surface area contributed by atoms with Crippen molar-refractivity contribution in [3.05, 3.63) is 59.7 Å². The summed E-state index contributed by atoms with van der Waals surface area (Å²) in [5.41, 5.74) is 1.35. The van der Waals surface area contributed by atoms with Crippen LogP contribution in [0, 0.1) is 0 Å². The zero-order chi connectivity index (χ0) is 15.7. The number of hydrogen-bond donors (Lipinski definition) is 1. The summed E-state index contributed by atoms with van der Waals surface area (Å²) in [7, 11) is 0. The van der Waals surface area contributed by atoms with Gasteiger partial charge in [-0.05, 0) is 23.8 Å². The van der Waals surface area contributed by atoms with Crippen LogP contribution in [-0.4, -0.2) is 12.5 Å². The lowest BCUT2D eigenvalue weighted by molar-refractivity contribution is -0.274. The number of carbonyl (C=O) groups excluding carboxylic acids is 1. The summed E-state index contributed by atoms with van der Waals surface area (Å²) in [6, 6.07) is 11.8. The van der Waals surface area contributed by atoms with E-state index < -0.39 is 18.5 Å². The molecule has 0 saturated carbocycles. The summed E-state index contributed by atoms with van der Waals surface area (Å²) < 4.78 is 45.3. The number of ether oxygens (including phenoxy) is 2. The summed E-state index contributed by atoms with van der Waals surface area (Å²) in [6.07, 6.45) is -5.35. The first-order valence-corrected chi connectivity index (χ1v) is 6.35. The highest BCUT2D eigenvalue weighted by Crippen LogP contribution is 2.34. The number of fused-ring (bicyclic) bond motifs is 1.